The molecule has 80 valence electrons. The smallest absolute Gasteiger partial charge is 0.303 e. The van der Waals surface area contributed by atoms with Crippen LogP contribution in [0.25, 0.3) is 0 Å². The molecule has 4 heteroatoms. The predicted octanol–water partition coefficient (Wildman–Crippen LogP) is 1.75. The number of hydrogen-bond donors (Lipinski definition) is 1. The molecule has 0 aliphatic heterocycles. The highest BCUT2D eigenvalue weighted by atomic mass is 16.5. The van der Waals surface area contributed by atoms with Crippen molar-refractivity contribution < 1.29 is 19.4 Å². The molecule has 0 unspecified atom stereocenters. The van der Waals surface area contributed by atoms with Crippen molar-refractivity contribution in [2.24, 2.45) is 0 Å². The Hall–Kier alpha value is -1.32. The number of carbonyl (C=O) groups is 2. The Balaban J connectivity index is 3.19. The van der Waals surface area contributed by atoms with Crippen molar-refractivity contribution in [2.75, 3.05) is 6.61 Å². The first-order valence-corrected chi connectivity index (χ1v) is 4.63. The lowest BCUT2D eigenvalue weighted by molar-refractivity contribution is -0.141. The van der Waals surface area contributed by atoms with Crippen molar-refractivity contribution in [3.8, 4) is 0 Å². The molecule has 0 saturated heterocycles. The first-order chi connectivity index (χ1) is 6.63. The molecule has 0 saturated carbocycles. The Kier molecular flexibility index (Phi) is 7.50. The quantitative estimate of drug-likeness (QED) is 0.386. The Morgan fingerprint density at radius 1 is 1.29 bits per heavy atom. The summed E-state index contributed by atoms with van der Waals surface area (Å²) in [4.78, 5) is 20.5. The van der Waals surface area contributed by atoms with Crippen LogP contribution in [0, 0.1) is 0 Å². The molecule has 0 spiro atoms. The van der Waals surface area contributed by atoms with Crippen molar-refractivity contribution in [1.82, 2.24) is 0 Å². The molecule has 0 rings (SSSR count). The van der Waals surface area contributed by atoms with Crippen molar-refractivity contribution in [3.05, 3.63) is 12.2 Å². The number of rotatable bonds is 7. The van der Waals surface area contributed by atoms with Crippen molar-refractivity contribution in [3.63, 3.8) is 0 Å². The first kappa shape index (κ1) is 12.7. The fourth-order valence-electron chi connectivity index (χ4n) is 0.860. The Bertz CT molecular complexity index is 208. The van der Waals surface area contributed by atoms with Gasteiger partial charge in [0.2, 0.25) is 0 Å². The van der Waals surface area contributed by atoms with Crippen LogP contribution in [-0.4, -0.2) is 23.7 Å². The molecular formula is C10H16O4. The van der Waals surface area contributed by atoms with Crippen LogP contribution >= 0.6 is 0 Å². The fraction of sp³-hybridized carbons (Fsp3) is 0.600. The third-order valence-electron chi connectivity index (χ3n) is 1.51. The van der Waals surface area contributed by atoms with E-state index in [1.54, 1.807) is 0 Å². The van der Waals surface area contributed by atoms with E-state index in [0.29, 0.717) is 13.0 Å². The highest BCUT2D eigenvalue weighted by Gasteiger charge is 1.92. The second kappa shape index (κ2) is 8.29. The monoisotopic (exact) mass is 200 g/mol. The number of carboxylic acid groups (broad SMARTS) is 1. The largest absolute Gasteiger partial charge is 0.481 e. The van der Waals surface area contributed by atoms with Crippen LogP contribution in [0.1, 0.15) is 32.6 Å². The average molecular weight is 200 g/mol. The van der Waals surface area contributed by atoms with Gasteiger partial charge in [0.15, 0.2) is 0 Å². The fourth-order valence-corrected chi connectivity index (χ4v) is 0.860. The summed E-state index contributed by atoms with van der Waals surface area (Å²) in [5.41, 5.74) is 0. The van der Waals surface area contributed by atoms with Gasteiger partial charge in [-0.15, -0.1) is 0 Å². The van der Waals surface area contributed by atoms with Crippen LogP contribution in [0.15, 0.2) is 12.2 Å². The molecule has 0 heterocycles. The standard InChI is InChI=1S/C10H16O4/c1-9(11)14-8-6-4-2-3-5-7-10(12)13/h2-3H,4-8H2,1H3,(H,12,13)/b3-2-. The van der Waals surface area contributed by atoms with Gasteiger partial charge in [-0.2, -0.15) is 0 Å². The average Bonchev–Trinajstić information content (AvgIpc) is 2.08. The molecule has 0 aromatic heterocycles. The minimum Gasteiger partial charge on any atom is -0.481 e. The van der Waals surface area contributed by atoms with E-state index in [-0.39, 0.29) is 12.4 Å². The van der Waals surface area contributed by atoms with Gasteiger partial charge in [0.1, 0.15) is 0 Å². The number of unbranched alkanes of at least 4 members (excludes halogenated alkanes) is 1. The molecular weight excluding hydrogens is 184 g/mol. The zero-order chi connectivity index (χ0) is 10.8. The van der Waals surface area contributed by atoms with Gasteiger partial charge in [-0.05, 0) is 19.3 Å². The lowest BCUT2D eigenvalue weighted by atomic mass is 10.2. The van der Waals surface area contributed by atoms with E-state index < -0.39 is 5.97 Å². The third-order valence-corrected chi connectivity index (χ3v) is 1.51. The van der Waals surface area contributed by atoms with Crippen LogP contribution < -0.4 is 0 Å². The topological polar surface area (TPSA) is 63.6 Å². The predicted molar refractivity (Wildman–Crippen MR) is 51.9 cm³/mol. The molecule has 0 aromatic rings. The number of carboxylic acids is 1. The van der Waals surface area contributed by atoms with E-state index in [4.69, 9.17) is 9.84 Å². The number of hydrogen-bond acceptors (Lipinski definition) is 3. The van der Waals surface area contributed by atoms with Crippen molar-refractivity contribution in [1.29, 1.82) is 0 Å². The summed E-state index contributed by atoms with van der Waals surface area (Å²) >= 11 is 0. The SMILES string of the molecule is CC(=O)OCCC/C=C\CCC(=O)O. The van der Waals surface area contributed by atoms with Crippen LogP contribution in [0.2, 0.25) is 0 Å². The number of ether oxygens (including phenoxy) is 1. The van der Waals surface area contributed by atoms with Gasteiger partial charge < -0.3 is 9.84 Å². The highest BCUT2D eigenvalue weighted by Crippen LogP contribution is 1.96. The second-order valence-electron chi connectivity index (χ2n) is 2.89. The van der Waals surface area contributed by atoms with Gasteiger partial charge in [-0.3, -0.25) is 9.59 Å². The summed E-state index contributed by atoms with van der Waals surface area (Å²) in [7, 11) is 0. The maximum atomic E-state index is 10.3. The Morgan fingerprint density at radius 3 is 2.50 bits per heavy atom. The number of carbonyl (C=O) groups excluding carboxylic acids is 1. The molecule has 0 bridgehead atoms. The van der Waals surface area contributed by atoms with Crippen LogP contribution in [0.3, 0.4) is 0 Å². The van der Waals surface area contributed by atoms with Crippen LogP contribution in [0.4, 0.5) is 0 Å². The molecule has 0 aliphatic carbocycles. The summed E-state index contributed by atoms with van der Waals surface area (Å²) < 4.78 is 4.72. The molecule has 0 aromatic carbocycles. The maximum Gasteiger partial charge on any atom is 0.303 e. The number of allylic oxidation sites excluding steroid dienone is 2. The van der Waals surface area contributed by atoms with E-state index in [2.05, 4.69) is 0 Å². The van der Waals surface area contributed by atoms with Gasteiger partial charge in [-0.1, -0.05) is 12.2 Å². The zero-order valence-corrected chi connectivity index (χ0v) is 8.36. The lowest BCUT2D eigenvalue weighted by Gasteiger charge is -1.97. The normalized spacial score (nSPS) is 10.4. The number of esters is 1. The van der Waals surface area contributed by atoms with Gasteiger partial charge >= 0.3 is 11.9 Å². The van der Waals surface area contributed by atoms with E-state index in [9.17, 15) is 9.59 Å². The van der Waals surface area contributed by atoms with Gasteiger partial charge in [0, 0.05) is 13.3 Å². The summed E-state index contributed by atoms with van der Waals surface area (Å²) in [5, 5.41) is 8.32. The number of aliphatic carboxylic acids is 1. The Labute approximate surface area is 83.6 Å². The molecule has 0 aliphatic rings. The summed E-state index contributed by atoms with van der Waals surface area (Å²) in [6.45, 7) is 1.81. The molecule has 4 nitrogen and oxygen atoms in total. The van der Waals surface area contributed by atoms with E-state index >= 15 is 0 Å². The maximum absolute atomic E-state index is 10.3. The van der Waals surface area contributed by atoms with Crippen LogP contribution in [-0.2, 0) is 14.3 Å². The zero-order valence-electron chi connectivity index (χ0n) is 8.36. The lowest BCUT2D eigenvalue weighted by Crippen LogP contribution is -1.99. The van der Waals surface area contributed by atoms with Crippen molar-refractivity contribution >= 4 is 11.9 Å². The van der Waals surface area contributed by atoms with Crippen LogP contribution in [0.5, 0.6) is 0 Å². The molecule has 14 heavy (non-hydrogen) atoms. The highest BCUT2D eigenvalue weighted by molar-refractivity contribution is 5.66. The van der Waals surface area contributed by atoms with Crippen molar-refractivity contribution in [2.45, 2.75) is 32.6 Å². The molecule has 0 radical (unpaired) electrons. The van der Waals surface area contributed by atoms with E-state index in [0.717, 1.165) is 12.8 Å². The van der Waals surface area contributed by atoms with Gasteiger partial charge in [0.25, 0.3) is 0 Å². The summed E-state index contributed by atoms with van der Waals surface area (Å²) in [6, 6.07) is 0. The first-order valence-electron chi connectivity index (χ1n) is 4.63. The van der Waals surface area contributed by atoms with Gasteiger partial charge in [0.05, 0.1) is 6.61 Å². The second-order valence-corrected chi connectivity index (χ2v) is 2.89. The molecule has 0 amide bonds. The summed E-state index contributed by atoms with van der Waals surface area (Å²) in [5.74, 6) is -1.05. The molecule has 0 fully saturated rings. The molecule has 1 N–H and O–H groups in total. The van der Waals surface area contributed by atoms with Gasteiger partial charge in [-0.25, -0.2) is 0 Å². The van der Waals surface area contributed by atoms with E-state index in [1.807, 2.05) is 12.2 Å². The minimum absolute atomic E-state index is 0.167. The molecule has 0 atom stereocenters. The summed E-state index contributed by atoms with van der Waals surface area (Å²) in [6.07, 6.45) is 6.06. The van der Waals surface area contributed by atoms with E-state index in [1.165, 1.54) is 6.92 Å². The minimum atomic E-state index is -0.783. The Morgan fingerprint density at radius 2 is 1.93 bits per heavy atom. The third kappa shape index (κ3) is 10.7.